The van der Waals surface area contributed by atoms with Gasteiger partial charge in [-0.1, -0.05) is 6.42 Å². The van der Waals surface area contributed by atoms with Crippen LogP contribution in [-0.2, 0) is 17.8 Å². The minimum absolute atomic E-state index is 0.0618. The Labute approximate surface area is 155 Å². The van der Waals surface area contributed by atoms with E-state index in [1.54, 1.807) is 11.5 Å². The van der Waals surface area contributed by atoms with Crippen molar-refractivity contribution in [2.24, 2.45) is 0 Å². The van der Waals surface area contributed by atoms with E-state index in [9.17, 15) is 14.4 Å². The summed E-state index contributed by atoms with van der Waals surface area (Å²) in [5.74, 6) is -0.361. The van der Waals surface area contributed by atoms with Crippen LogP contribution < -0.4 is 5.56 Å². The Morgan fingerprint density at radius 3 is 2.77 bits per heavy atom. The van der Waals surface area contributed by atoms with Crippen LogP contribution in [0.2, 0.25) is 0 Å². The number of hydrogen-bond acceptors (Lipinski definition) is 5. The number of carboxylic acids is 1. The van der Waals surface area contributed by atoms with E-state index in [0.717, 1.165) is 31.5 Å². The van der Waals surface area contributed by atoms with Gasteiger partial charge in [0.05, 0.1) is 16.7 Å². The molecule has 1 amide bonds. The zero-order valence-corrected chi connectivity index (χ0v) is 15.9. The highest BCUT2D eigenvalue weighted by Gasteiger charge is 2.25. The summed E-state index contributed by atoms with van der Waals surface area (Å²) in [4.78, 5) is 43.9. The Hall–Kier alpha value is -2.22. The second kappa shape index (κ2) is 7.57. The molecule has 0 unspecified atom stereocenters. The maximum absolute atomic E-state index is 13.0. The molecule has 0 fully saturated rings. The lowest BCUT2D eigenvalue weighted by Crippen LogP contribution is -2.32. The van der Waals surface area contributed by atoms with Gasteiger partial charge in [0.15, 0.2) is 0 Å². The van der Waals surface area contributed by atoms with Gasteiger partial charge in [0.25, 0.3) is 11.5 Å². The van der Waals surface area contributed by atoms with Gasteiger partial charge in [0.1, 0.15) is 10.7 Å². The first-order valence-corrected chi connectivity index (χ1v) is 9.79. The number of carbonyl (C=O) groups is 2. The molecule has 3 heterocycles. The van der Waals surface area contributed by atoms with Gasteiger partial charge in [0.2, 0.25) is 0 Å². The van der Waals surface area contributed by atoms with Crippen molar-refractivity contribution in [3.8, 4) is 0 Å². The molecule has 0 aliphatic carbocycles. The van der Waals surface area contributed by atoms with Crippen LogP contribution in [0.25, 0.3) is 10.2 Å². The van der Waals surface area contributed by atoms with Gasteiger partial charge in [0, 0.05) is 26.1 Å². The fraction of sp³-hybridized carbons (Fsp3) is 0.556. The van der Waals surface area contributed by atoms with Gasteiger partial charge >= 0.3 is 5.97 Å². The Balaban J connectivity index is 2.04. The molecule has 2 aromatic heterocycles. The Morgan fingerprint density at radius 2 is 2.08 bits per heavy atom. The Morgan fingerprint density at radius 1 is 1.31 bits per heavy atom. The Bertz CT molecular complexity index is 915. The minimum atomic E-state index is -0.937. The predicted octanol–water partition coefficient (Wildman–Crippen LogP) is 2.43. The molecule has 2 aromatic rings. The van der Waals surface area contributed by atoms with Crippen LogP contribution in [0.1, 0.15) is 53.7 Å². The average Bonchev–Trinajstić information content (AvgIpc) is 2.78. The van der Waals surface area contributed by atoms with E-state index in [-0.39, 0.29) is 24.4 Å². The summed E-state index contributed by atoms with van der Waals surface area (Å²) in [5.41, 5.74) is 0.592. The molecule has 0 atom stereocenters. The van der Waals surface area contributed by atoms with E-state index in [1.165, 1.54) is 16.2 Å². The third-order valence-corrected chi connectivity index (χ3v) is 6.04. The SMILES string of the molecule is CCN(CCC(=O)O)C(=O)c1sc2nc3n(c(=O)c2c1C)CCCCC3. The van der Waals surface area contributed by atoms with Crippen LogP contribution in [0.3, 0.4) is 0 Å². The smallest absolute Gasteiger partial charge is 0.305 e. The van der Waals surface area contributed by atoms with Crippen molar-refractivity contribution in [2.45, 2.75) is 52.5 Å². The number of aromatic nitrogens is 2. The second-order valence-corrected chi connectivity index (χ2v) is 7.56. The zero-order valence-electron chi connectivity index (χ0n) is 15.1. The monoisotopic (exact) mass is 377 g/mol. The number of hydrogen-bond donors (Lipinski definition) is 1. The minimum Gasteiger partial charge on any atom is -0.481 e. The molecular formula is C18H23N3O4S. The van der Waals surface area contributed by atoms with Gasteiger partial charge in [-0.2, -0.15) is 0 Å². The molecule has 0 spiro atoms. The topological polar surface area (TPSA) is 92.5 Å². The third kappa shape index (κ3) is 3.38. The van der Waals surface area contributed by atoms with Crippen LogP contribution in [0.4, 0.5) is 0 Å². The summed E-state index contributed by atoms with van der Waals surface area (Å²) < 4.78 is 1.76. The summed E-state index contributed by atoms with van der Waals surface area (Å²) in [7, 11) is 0. The zero-order chi connectivity index (χ0) is 18.8. The van der Waals surface area contributed by atoms with Crippen LogP contribution >= 0.6 is 11.3 Å². The molecule has 0 aromatic carbocycles. The molecule has 1 aliphatic rings. The summed E-state index contributed by atoms with van der Waals surface area (Å²) in [6.07, 6.45) is 3.76. The number of carbonyl (C=O) groups excluding carboxylic acids is 1. The predicted molar refractivity (Wildman–Crippen MR) is 100 cm³/mol. The number of fused-ring (bicyclic) bond motifs is 2. The van der Waals surface area contributed by atoms with Gasteiger partial charge in [-0.3, -0.25) is 19.0 Å². The van der Waals surface area contributed by atoms with Crippen molar-refractivity contribution in [1.82, 2.24) is 14.5 Å². The Kier molecular flexibility index (Phi) is 5.41. The van der Waals surface area contributed by atoms with Gasteiger partial charge in [-0.05, 0) is 32.3 Å². The fourth-order valence-corrected chi connectivity index (χ4v) is 4.55. The average molecular weight is 377 g/mol. The number of aryl methyl sites for hydroxylation is 2. The lowest BCUT2D eigenvalue weighted by Gasteiger charge is -2.19. The molecule has 0 saturated heterocycles. The highest BCUT2D eigenvalue weighted by atomic mass is 32.1. The molecule has 1 aliphatic heterocycles. The van der Waals surface area contributed by atoms with E-state index in [2.05, 4.69) is 4.98 Å². The van der Waals surface area contributed by atoms with E-state index in [1.807, 2.05) is 6.92 Å². The highest BCUT2D eigenvalue weighted by Crippen LogP contribution is 2.29. The van der Waals surface area contributed by atoms with Crippen molar-refractivity contribution in [1.29, 1.82) is 0 Å². The van der Waals surface area contributed by atoms with E-state index in [4.69, 9.17) is 5.11 Å². The van der Waals surface area contributed by atoms with Crippen LogP contribution in [-0.4, -0.2) is 44.5 Å². The first kappa shape index (κ1) is 18.6. The molecule has 0 saturated carbocycles. The standard InChI is InChI=1S/C18H23N3O4S/c1-3-20(10-8-13(22)23)18(25)15-11(2)14-16(26-15)19-12-7-5-4-6-9-21(12)17(14)24/h3-10H2,1-2H3,(H,22,23). The van der Waals surface area contributed by atoms with Crippen molar-refractivity contribution in [3.05, 3.63) is 26.6 Å². The summed E-state index contributed by atoms with van der Waals surface area (Å²) in [6.45, 7) is 4.85. The second-order valence-electron chi connectivity index (χ2n) is 6.56. The third-order valence-electron chi connectivity index (χ3n) is 4.87. The molecule has 8 heteroatoms. The lowest BCUT2D eigenvalue weighted by molar-refractivity contribution is -0.137. The maximum Gasteiger partial charge on any atom is 0.305 e. The number of rotatable bonds is 5. The molecule has 140 valence electrons. The van der Waals surface area contributed by atoms with Crippen molar-refractivity contribution in [3.63, 3.8) is 0 Å². The van der Waals surface area contributed by atoms with Gasteiger partial charge in [-0.25, -0.2) is 4.98 Å². The normalized spacial score (nSPS) is 14.1. The van der Waals surface area contributed by atoms with Crippen LogP contribution in [0.15, 0.2) is 4.79 Å². The van der Waals surface area contributed by atoms with Crippen molar-refractivity contribution in [2.75, 3.05) is 13.1 Å². The highest BCUT2D eigenvalue weighted by molar-refractivity contribution is 7.20. The quantitative estimate of drug-likeness (QED) is 0.864. The number of nitrogens with zero attached hydrogens (tertiary/aromatic N) is 3. The molecule has 0 bridgehead atoms. The largest absolute Gasteiger partial charge is 0.481 e. The summed E-state index contributed by atoms with van der Waals surface area (Å²) >= 11 is 1.24. The van der Waals surface area contributed by atoms with E-state index >= 15 is 0 Å². The van der Waals surface area contributed by atoms with E-state index in [0.29, 0.717) is 33.7 Å². The van der Waals surface area contributed by atoms with Crippen molar-refractivity contribution >= 4 is 33.4 Å². The number of amides is 1. The summed E-state index contributed by atoms with van der Waals surface area (Å²) in [5, 5.41) is 9.40. The van der Waals surface area contributed by atoms with Crippen LogP contribution in [0, 0.1) is 6.92 Å². The van der Waals surface area contributed by atoms with Crippen LogP contribution in [0.5, 0.6) is 0 Å². The molecule has 3 rings (SSSR count). The molecule has 7 nitrogen and oxygen atoms in total. The fourth-order valence-electron chi connectivity index (χ4n) is 3.39. The van der Waals surface area contributed by atoms with E-state index < -0.39 is 5.97 Å². The van der Waals surface area contributed by atoms with Gasteiger partial charge < -0.3 is 10.0 Å². The first-order chi connectivity index (χ1) is 12.4. The van der Waals surface area contributed by atoms with Crippen molar-refractivity contribution < 1.29 is 14.7 Å². The molecule has 26 heavy (non-hydrogen) atoms. The first-order valence-electron chi connectivity index (χ1n) is 8.98. The maximum atomic E-state index is 13.0. The molecule has 1 N–H and O–H groups in total. The lowest BCUT2D eigenvalue weighted by atomic mass is 10.2. The van der Waals surface area contributed by atoms with Gasteiger partial charge in [-0.15, -0.1) is 11.3 Å². The number of thiophene rings is 1. The number of carboxylic acid groups (broad SMARTS) is 1. The summed E-state index contributed by atoms with van der Waals surface area (Å²) in [6, 6.07) is 0. The molecule has 0 radical (unpaired) electrons. The number of aliphatic carboxylic acids is 1. The molecular weight excluding hydrogens is 354 g/mol.